The van der Waals surface area contributed by atoms with E-state index in [0.29, 0.717) is 5.56 Å². The maximum Gasteiger partial charge on any atom is 0.416 e. The molecule has 5 nitrogen and oxygen atoms in total. The van der Waals surface area contributed by atoms with Crippen LogP contribution in [0.2, 0.25) is 0 Å². The summed E-state index contributed by atoms with van der Waals surface area (Å²) in [7, 11) is 0. The van der Waals surface area contributed by atoms with E-state index in [1.54, 1.807) is 12.1 Å². The summed E-state index contributed by atoms with van der Waals surface area (Å²) in [6.45, 7) is 0. The summed E-state index contributed by atoms with van der Waals surface area (Å²) in [5.41, 5.74) is -0.294. The number of amides is 1. The van der Waals surface area contributed by atoms with Gasteiger partial charge in [0.05, 0.1) is 5.56 Å². The Morgan fingerprint density at radius 3 is 2.20 bits per heavy atom. The fourth-order valence-corrected chi connectivity index (χ4v) is 3.15. The first kappa shape index (κ1) is 21.3. The molecule has 0 saturated heterocycles. The molecule has 0 radical (unpaired) electrons. The molecule has 3 aromatic carbocycles. The number of aliphatic hydroxyl groups excluding tert-OH is 1. The van der Waals surface area contributed by atoms with Crippen molar-refractivity contribution in [3.63, 3.8) is 0 Å². The topological polar surface area (TPSA) is 86.6 Å². The molecule has 3 aromatic rings. The molecule has 0 bridgehead atoms. The lowest BCUT2D eigenvalue weighted by Crippen LogP contribution is -2.44. The maximum atomic E-state index is 12.7. The van der Waals surface area contributed by atoms with E-state index in [0.717, 1.165) is 35.0 Å². The largest absolute Gasteiger partial charge is 0.480 e. The van der Waals surface area contributed by atoms with Gasteiger partial charge in [-0.1, -0.05) is 54.6 Å². The molecule has 156 valence electrons. The van der Waals surface area contributed by atoms with Crippen LogP contribution in [0.25, 0.3) is 10.8 Å². The highest BCUT2D eigenvalue weighted by Gasteiger charge is 2.31. The number of rotatable bonds is 6. The summed E-state index contributed by atoms with van der Waals surface area (Å²) in [6, 6.07) is 14.9. The lowest BCUT2D eigenvalue weighted by atomic mass is 9.98. The van der Waals surface area contributed by atoms with Gasteiger partial charge in [-0.3, -0.25) is 4.79 Å². The van der Waals surface area contributed by atoms with Gasteiger partial charge in [-0.15, -0.1) is 0 Å². The first-order valence-corrected chi connectivity index (χ1v) is 9.02. The normalized spacial score (nSPS) is 13.6. The van der Waals surface area contributed by atoms with Gasteiger partial charge in [-0.05, 0) is 34.0 Å². The van der Waals surface area contributed by atoms with Crippen molar-refractivity contribution in [1.82, 2.24) is 5.32 Å². The van der Waals surface area contributed by atoms with Gasteiger partial charge in [0.2, 0.25) is 0 Å². The predicted molar refractivity (Wildman–Crippen MR) is 104 cm³/mol. The van der Waals surface area contributed by atoms with E-state index in [1.807, 2.05) is 30.3 Å². The molecule has 0 fully saturated rings. The van der Waals surface area contributed by atoms with Crippen LogP contribution in [-0.4, -0.2) is 28.1 Å². The van der Waals surface area contributed by atoms with Crippen LogP contribution >= 0.6 is 0 Å². The minimum atomic E-state index is -4.54. The first-order chi connectivity index (χ1) is 14.2. The number of hydrogen-bond acceptors (Lipinski definition) is 3. The summed E-state index contributed by atoms with van der Waals surface area (Å²) in [4.78, 5) is 24.0. The van der Waals surface area contributed by atoms with Crippen LogP contribution in [0.15, 0.2) is 66.7 Å². The number of nitrogens with one attached hydrogen (secondary N) is 1. The van der Waals surface area contributed by atoms with Gasteiger partial charge >= 0.3 is 12.1 Å². The van der Waals surface area contributed by atoms with Crippen molar-refractivity contribution >= 4 is 22.6 Å². The van der Waals surface area contributed by atoms with Gasteiger partial charge < -0.3 is 15.5 Å². The highest BCUT2D eigenvalue weighted by molar-refractivity contribution is 5.89. The molecule has 8 heteroatoms. The number of carboxylic acid groups (broad SMARTS) is 1. The Hall–Kier alpha value is -3.39. The minimum absolute atomic E-state index is 0.0256. The molecular weight excluding hydrogens is 399 g/mol. The van der Waals surface area contributed by atoms with Crippen LogP contribution in [0.5, 0.6) is 0 Å². The number of aliphatic hydroxyl groups is 1. The first-order valence-electron chi connectivity index (χ1n) is 9.02. The van der Waals surface area contributed by atoms with Crippen molar-refractivity contribution in [3.05, 3.63) is 83.4 Å². The van der Waals surface area contributed by atoms with Crippen LogP contribution < -0.4 is 5.32 Å². The van der Waals surface area contributed by atoms with Crippen molar-refractivity contribution in [2.45, 2.75) is 24.7 Å². The van der Waals surface area contributed by atoms with E-state index in [4.69, 9.17) is 0 Å². The van der Waals surface area contributed by atoms with Crippen molar-refractivity contribution in [2.24, 2.45) is 0 Å². The number of benzene rings is 3. The molecule has 0 saturated carbocycles. The monoisotopic (exact) mass is 417 g/mol. The Kier molecular flexibility index (Phi) is 6.07. The van der Waals surface area contributed by atoms with Crippen molar-refractivity contribution < 1.29 is 33.0 Å². The standard InChI is InChI=1S/C22H18F3NO4/c23-22(24,25)16-10-8-14(9-11-16)19(27)20(28)26-18(21(29)30)12-15-6-3-5-13-4-1-2-7-17(13)15/h1-11,18-19,27H,12H2,(H,26,28)(H,29,30)/t18-,19+/m1/s1. The van der Waals surface area contributed by atoms with Gasteiger partial charge in [0.25, 0.3) is 5.91 Å². The summed E-state index contributed by atoms with van der Waals surface area (Å²) in [5.74, 6) is -2.31. The van der Waals surface area contributed by atoms with Crippen LogP contribution in [-0.2, 0) is 22.2 Å². The van der Waals surface area contributed by atoms with Gasteiger partial charge in [-0.25, -0.2) is 4.79 Å². The Labute approximate surface area is 169 Å². The Morgan fingerprint density at radius 2 is 1.57 bits per heavy atom. The molecular formula is C22H18F3NO4. The third kappa shape index (κ3) is 4.77. The van der Waals surface area contributed by atoms with Gasteiger partial charge in [0.15, 0.2) is 6.10 Å². The summed E-state index contributed by atoms with van der Waals surface area (Å²) < 4.78 is 38.0. The third-order valence-electron chi connectivity index (χ3n) is 4.72. The third-order valence-corrected chi connectivity index (χ3v) is 4.72. The number of carboxylic acids is 1. The number of carbonyl (C=O) groups excluding carboxylic acids is 1. The molecule has 0 aliphatic heterocycles. The smallest absolute Gasteiger partial charge is 0.416 e. The molecule has 3 N–H and O–H groups in total. The van der Waals surface area contributed by atoms with Crippen molar-refractivity contribution in [2.75, 3.05) is 0 Å². The molecule has 0 unspecified atom stereocenters. The van der Waals surface area contributed by atoms with E-state index in [1.165, 1.54) is 0 Å². The number of alkyl halides is 3. The van der Waals surface area contributed by atoms with E-state index >= 15 is 0 Å². The zero-order valence-electron chi connectivity index (χ0n) is 15.6. The Bertz CT molecular complexity index is 1060. The van der Waals surface area contributed by atoms with E-state index in [2.05, 4.69) is 5.32 Å². The Morgan fingerprint density at radius 1 is 0.933 bits per heavy atom. The molecule has 30 heavy (non-hydrogen) atoms. The number of aliphatic carboxylic acids is 1. The lowest BCUT2D eigenvalue weighted by molar-refractivity contribution is -0.143. The van der Waals surface area contributed by atoms with Gasteiger partial charge in [0, 0.05) is 6.42 Å². The molecule has 0 spiro atoms. The molecule has 0 aliphatic carbocycles. The predicted octanol–water partition coefficient (Wildman–Crippen LogP) is 3.70. The average Bonchev–Trinajstić information content (AvgIpc) is 2.72. The zero-order chi connectivity index (χ0) is 21.9. The molecule has 3 rings (SSSR count). The van der Waals surface area contributed by atoms with E-state index in [-0.39, 0.29) is 12.0 Å². The van der Waals surface area contributed by atoms with Gasteiger partial charge in [-0.2, -0.15) is 13.2 Å². The molecule has 0 aliphatic rings. The summed E-state index contributed by atoms with van der Waals surface area (Å²) in [5, 5.41) is 23.7. The van der Waals surface area contributed by atoms with E-state index in [9.17, 15) is 33.0 Å². The van der Waals surface area contributed by atoms with Crippen LogP contribution in [0, 0.1) is 0 Å². The molecule has 2 atom stereocenters. The molecule has 0 heterocycles. The minimum Gasteiger partial charge on any atom is -0.480 e. The SMILES string of the molecule is O=C(N[C@H](Cc1cccc2ccccc12)C(=O)O)[C@@H](O)c1ccc(C(F)(F)F)cc1. The lowest BCUT2D eigenvalue weighted by Gasteiger charge is -2.19. The Balaban J connectivity index is 1.76. The highest BCUT2D eigenvalue weighted by Crippen LogP contribution is 2.30. The van der Waals surface area contributed by atoms with Crippen LogP contribution in [0.1, 0.15) is 22.8 Å². The fraction of sp³-hybridized carbons (Fsp3) is 0.182. The quantitative estimate of drug-likeness (QED) is 0.571. The number of fused-ring (bicyclic) bond motifs is 1. The second-order valence-corrected chi connectivity index (χ2v) is 6.76. The maximum absolute atomic E-state index is 12.7. The average molecular weight is 417 g/mol. The number of halogens is 3. The van der Waals surface area contributed by atoms with Gasteiger partial charge in [0.1, 0.15) is 6.04 Å². The fourth-order valence-electron chi connectivity index (χ4n) is 3.15. The van der Waals surface area contributed by atoms with E-state index < -0.39 is 35.8 Å². The van der Waals surface area contributed by atoms with Crippen LogP contribution in [0.3, 0.4) is 0 Å². The summed E-state index contributed by atoms with van der Waals surface area (Å²) in [6.07, 6.45) is -6.37. The second kappa shape index (κ2) is 8.54. The molecule has 0 aromatic heterocycles. The van der Waals surface area contributed by atoms with Crippen LogP contribution in [0.4, 0.5) is 13.2 Å². The van der Waals surface area contributed by atoms with Crippen molar-refractivity contribution in [1.29, 1.82) is 0 Å². The highest BCUT2D eigenvalue weighted by atomic mass is 19.4. The zero-order valence-corrected chi connectivity index (χ0v) is 15.6. The number of carbonyl (C=O) groups is 2. The summed E-state index contributed by atoms with van der Waals surface area (Å²) >= 11 is 0. The number of hydrogen-bond donors (Lipinski definition) is 3. The second-order valence-electron chi connectivity index (χ2n) is 6.76. The van der Waals surface area contributed by atoms with Crippen molar-refractivity contribution in [3.8, 4) is 0 Å². The molecule has 1 amide bonds.